The number of nitro groups is 1. The van der Waals surface area contributed by atoms with Crippen molar-refractivity contribution in [2.45, 2.75) is 69.3 Å². The zero-order chi connectivity index (χ0) is 20.3. The smallest absolute Gasteiger partial charge is 0.271 e. The summed E-state index contributed by atoms with van der Waals surface area (Å²) in [7, 11) is 0. The second-order valence-corrected chi connectivity index (χ2v) is 8.59. The highest BCUT2D eigenvalue weighted by Gasteiger charge is 2.25. The van der Waals surface area contributed by atoms with Crippen molar-refractivity contribution in [3.63, 3.8) is 0 Å². The summed E-state index contributed by atoms with van der Waals surface area (Å²) in [5.74, 6) is -0.195. The third-order valence-electron chi connectivity index (χ3n) is 5.27. The number of carbonyl (C=O) groups excluding carboxylic acids is 1. The number of hydrogen-bond acceptors (Lipinski definition) is 5. The molecule has 1 fully saturated rings. The lowest BCUT2D eigenvalue weighted by molar-refractivity contribution is -0.384. The first-order valence-corrected chi connectivity index (χ1v) is 10.5. The van der Waals surface area contributed by atoms with Crippen LogP contribution in [-0.2, 0) is 4.79 Å². The summed E-state index contributed by atoms with van der Waals surface area (Å²) in [6, 6.07) is 6.44. The Bertz CT molecular complexity index is 874. The van der Waals surface area contributed by atoms with Gasteiger partial charge >= 0.3 is 0 Å². The number of nitrogens with one attached hydrogen (secondary N) is 1. The minimum absolute atomic E-state index is 0.0443. The maximum Gasteiger partial charge on any atom is 0.271 e. The molecule has 1 saturated carbocycles. The van der Waals surface area contributed by atoms with Crippen LogP contribution < -0.4 is 5.32 Å². The lowest BCUT2D eigenvalue weighted by atomic mass is 9.95. The van der Waals surface area contributed by atoms with Crippen molar-refractivity contribution in [3.8, 4) is 0 Å². The third kappa shape index (κ3) is 4.55. The van der Waals surface area contributed by atoms with E-state index in [9.17, 15) is 14.9 Å². The Morgan fingerprint density at radius 2 is 2.04 bits per heavy atom. The molecular weight excluding hydrogens is 376 g/mol. The van der Waals surface area contributed by atoms with Crippen molar-refractivity contribution in [1.82, 2.24) is 9.55 Å². The Morgan fingerprint density at radius 3 is 2.71 bits per heavy atom. The van der Waals surface area contributed by atoms with Crippen molar-refractivity contribution < 1.29 is 9.72 Å². The maximum atomic E-state index is 12.6. The molecule has 0 bridgehead atoms. The number of non-ortho nitro benzene ring substituents is 1. The van der Waals surface area contributed by atoms with Gasteiger partial charge in [-0.15, -0.1) is 0 Å². The van der Waals surface area contributed by atoms with Gasteiger partial charge in [0.2, 0.25) is 5.91 Å². The van der Waals surface area contributed by atoms with E-state index < -0.39 is 4.92 Å². The first kappa shape index (κ1) is 20.4. The number of benzene rings is 1. The van der Waals surface area contributed by atoms with Crippen LogP contribution in [0.1, 0.15) is 56.5 Å². The molecule has 0 spiro atoms. The Balaban J connectivity index is 1.73. The topological polar surface area (TPSA) is 90.1 Å². The summed E-state index contributed by atoms with van der Waals surface area (Å²) in [6.45, 7) is 5.93. The zero-order valence-corrected chi connectivity index (χ0v) is 17.3. The highest BCUT2D eigenvalue weighted by atomic mass is 32.2. The predicted molar refractivity (Wildman–Crippen MR) is 111 cm³/mol. The highest BCUT2D eigenvalue weighted by molar-refractivity contribution is 8.00. The monoisotopic (exact) mass is 402 g/mol. The molecular formula is C20H26N4O3S. The molecule has 2 aromatic rings. The molecule has 1 amide bonds. The van der Waals surface area contributed by atoms with Crippen LogP contribution in [0.3, 0.4) is 0 Å². The molecule has 0 aliphatic heterocycles. The van der Waals surface area contributed by atoms with Gasteiger partial charge < -0.3 is 9.88 Å². The largest absolute Gasteiger partial charge is 0.325 e. The number of carbonyl (C=O) groups is 1. The molecule has 1 aliphatic carbocycles. The van der Waals surface area contributed by atoms with Gasteiger partial charge in [0.25, 0.3) is 5.69 Å². The molecule has 0 radical (unpaired) electrons. The molecule has 28 heavy (non-hydrogen) atoms. The van der Waals surface area contributed by atoms with Crippen molar-refractivity contribution in [1.29, 1.82) is 0 Å². The minimum Gasteiger partial charge on any atom is -0.325 e. The summed E-state index contributed by atoms with van der Waals surface area (Å²) in [6.07, 6.45) is 6.05. The second-order valence-electron chi connectivity index (χ2n) is 7.28. The van der Waals surface area contributed by atoms with E-state index in [0.717, 1.165) is 23.7 Å². The Morgan fingerprint density at radius 1 is 1.32 bits per heavy atom. The molecule has 0 saturated heterocycles. The number of imidazole rings is 1. The van der Waals surface area contributed by atoms with Crippen LogP contribution in [0, 0.1) is 24.0 Å². The van der Waals surface area contributed by atoms with E-state index in [-0.39, 0.29) is 16.8 Å². The van der Waals surface area contributed by atoms with Gasteiger partial charge in [-0.2, -0.15) is 0 Å². The number of hydrogen-bond donors (Lipinski definition) is 1. The van der Waals surface area contributed by atoms with Crippen LogP contribution in [-0.4, -0.2) is 25.6 Å². The lowest BCUT2D eigenvalue weighted by Crippen LogP contribution is -2.23. The molecule has 1 aromatic heterocycles. The van der Waals surface area contributed by atoms with Crippen molar-refractivity contribution in [2.75, 3.05) is 5.32 Å². The van der Waals surface area contributed by atoms with Gasteiger partial charge in [0.15, 0.2) is 5.16 Å². The molecule has 150 valence electrons. The maximum absolute atomic E-state index is 12.6. The number of nitrogens with zero attached hydrogens (tertiary/aromatic N) is 3. The fourth-order valence-corrected chi connectivity index (χ4v) is 4.67. The summed E-state index contributed by atoms with van der Waals surface area (Å²) < 4.78 is 2.30. The predicted octanol–water partition coefficient (Wildman–Crippen LogP) is 5.03. The molecule has 1 atom stereocenters. The Labute approximate surface area is 169 Å². The van der Waals surface area contributed by atoms with E-state index in [1.807, 2.05) is 13.8 Å². The Hall–Kier alpha value is -2.35. The van der Waals surface area contributed by atoms with Crippen LogP contribution in [0.15, 0.2) is 29.4 Å². The summed E-state index contributed by atoms with van der Waals surface area (Å²) in [5, 5.41) is 14.2. The van der Waals surface area contributed by atoms with Crippen LogP contribution in [0.25, 0.3) is 0 Å². The summed E-state index contributed by atoms with van der Waals surface area (Å²) in [5.41, 5.74) is 2.55. The van der Waals surface area contributed by atoms with Crippen molar-refractivity contribution in [3.05, 3.63) is 45.8 Å². The van der Waals surface area contributed by atoms with E-state index in [2.05, 4.69) is 16.8 Å². The number of nitro benzene ring substituents is 1. The molecule has 1 N–H and O–H groups in total. The Kier molecular flexibility index (Phi) is 6.39. The van der Waals surface area contributed by atoms with Crippen LogP contribution in [0.4, 0.5) is 11.4 Å². The molecule has 1 aliphatic rings. The zero-order valence-electron chi connectivity index (χ0n) is 16.5. The van der Waals surface area contributed by atoms with Crippen LogP contribution in [0.2, 0.25) is 0 Å². The standard InChI is InChI=1S/C20H26N4O3S/c1-13-14(2)23(17-9-5-4-6-10-17)20(21-13)28-15(3)19(25)22-16-8-7-11-18(12-16)24(26)27/h7-8,11-12,15,17H,4-6,9-10H2,1-3H3,(H,22,25). The number of aryl methyl sites for hydroxylation is 1. The van der Waals surface area contributed by atoms with Crippen molar-refractivity contribution in [2.24, 2.45) is 0 Å². The number of aromatic nitrogens is 2. The van der Waals surface area contributed by atoms with E-state index in [1.54, 1.807) is 12.1 Å². The molecule has 8 heteroatoms. The summed E-state index contributed by atoms with van der Waals surface area (Å²) in [4.78, 5) is 27.8. The van der Waals surface area contributed by atoms with Gasteiger partial charge in [-0.1, -0.05) is 37.1 Å². The van der Waals surface area contributed by atoms with Gasteiger partial charge in [0, 0.05) is 29.6 Å². The second kappa shape index (κ2) is 8.77. The van der Waals surface area contributed by atoms with E-state index in [0.29, 0.717) is 11.7 Å². The van der Waals surface area contributed by atoms with Crippen molar-refractivity contribution >= 4 is 29.0 Å². The van der Waals surface area contributed by atoms with Gasteiger partial charge in [-0.3, -0.25) is 14.9 Å². The SMILES string of the molecule is Cc1nc(SC(C)C(=O)Nc2cccc([N+](=O)[O-])c2)n(C2CCCCC2)c1C. The van der Waals surface area contributed by atoms with Gasteiger partial charge in [-0.25, -0.2) is 4.98 Å². The van der Waals surface area contributed by atoms with E-state index >= 15 is 0 Å². The summed E-state index contributed by atoms with van der Waals surface area (Å²) >= 11 is 1.44. The molecule has 7 nitrogen and oxygen atoms in total. The fraction of sp³-hybridized carbons (Fsp3) is 0.500. The number of amides is 1. The quantitative estimate of drug-likeness (QED) is 0.416. The normalized spacial score (nSPS) is 16.0. The fourth-order valence-electron chi connectivity index (χ4n) is 3.60. The number of thioether (sulfide) groups is 1. The first-order valence-electron chi connectivity index (χ1n) is 9.64. The average molecular weight is 403 g/mol. The van der Waals surface area contributed by atoms with Crippen LogP contribution >= 0.6 is 11.8 Å². The van der Waals surface area contributed by atoms with Gasteiger partial charge in [0.1, 0.15) is 0 Å². The molecule has 1 aromatic carbocycles. The van der Waals surface area contributed by atoms with Crippen LogP contribution in [0.5, 0.6) is 0 Å². The average Bonchev–Trinajstić information content (AvgIpc) is 2.96. The van der Waals surface area contributed by atoms with Gasteiger partial charge in [0.05, 0.1) is 15.9 Å². The number of anilines is 1. The molecule has 3 rings (SSSR count). The lowest BCUT2D eigenvalue weighted by Gasteiger charge is -2.26. The number of rotatable bonds is 6. The minimum atomic E-state index is -0.472. The first-order chi connectivity index (χ1) is 13.4. The third-order valence-corrected chi connectivity index (χ3v) is 6.34. The molecule has 1 heterocycles. The highest BCUT2D eigenvalue weighted by Crippen LogP contribution is 2.35. The van der Waals surface area contributed by atoms with Gasteiger partial charge in [-0.05, 0) is 39.7 Å². The van der Waals surface area contributed by atoms with E-state index in [1.165, 1.54) is 48.9 Å². The molecule has 1 unspecified atom stereocenters. The van der Waals surface area contributed by atoms with E-state index in [4.69, 9.17) is 4.98 Å².